The van der Waals surface area contributed by atoms with E-state index in [1.807, 2.05) is 9.80 Å². The Labute approximate surface area is 161 Å². The summed E-state index contributed by atoms with van der Waals surface area (Å²) in [5.41, 5.74) is 2.34. The van der Waals surface area contributed by atoms with Crippen molar-refractivity contribution < 1.29 is 9.59 Å². The molecule has 3 fully saturated rings. The third-order valence-corrected chi connectivity index (χ3v) is 5.89. The number of carbonyl (C=O) groups excluding carboxylic acids is 2. The lowest BCUT2D eigenvalue weighted by molar-refractivity contribution is -0.136. The van der Waals surface area contributed by atoms with Gasteiger partial charge in [-0.3, -0.25) is 9.59 Å². The number of fused-ring (bicyclic) bond motifs is 2. The molecule has 3 saturated heterocycles. The lowest BCUT2D eigenvalue weighted by Crippen LogP contribution is -2.42. The van der Waals surface area contributed by atoms with Gasteiger partial charge in [-0.05, 0) is 31.7 Å². The number of hydrogen-bond donors (Lipinski definition) is 1. The van der Waals surface area contributed by atoms with Crippen LogP contribution in [-0.4, -0.2) is 53.3 Å². The summed E-state index contributed by atoms with van der Waals surface area (Å²) in [5, 5.41) is 3.61. The highest BCUT2D eigenvalue weighted by atomic mass is 35.5. The number of halogens is 1. The maximum atomic E-state index is 12.9. The highest BCUT2D eigenvalue weighted by Gasteiger charge is 2.39. The average Bonchev–Trinajstić information content (AvgIpc) is 3.11. The Morgan fingerprint density at radius 2 is 1.85 bits per heavy atom. The lowest BCUT2D eigenvalue weighted by Gasteiger charge is -2.27. The van der Waals surface area contributed by atoms with Crippen molar-refractivity contribution in [1.82, 2.24) is 15.1 Å². The van der Waals surface area contributed by atoms with E-state index in [1.165, 1.54) is 12.0 Å². The Balaban J connectivity index is 0.00000196. The van der Waals surface area contributed by atoms with Gasteiger partial charge in [-0.2, -0.15) is 0 Å². The molecule has 3 aliphatic rings. The normalized spacial score (nSPS) is 28.0. The Hall–Kier alpha value is -1.59. The minimum atomic E-state index is -0.172. The molecule has 1 aromatic carbocycles. The topological polar surface area (TPSA) is 52.7 Å². The maximum Gasteiger partial charge on any atom is 0.228 e. The molecule has 6 heteroatoms. The zero-order chi connectivity index (χ0) is 17.4. The monoisotopic (exact) mass is 377 g/mol. The van der Waals surface area contributed by atoms with Crippen LogP contribution < -0.4 is 5.32 Å². The standard InChI is InChI=1S/C20H27N3O2.ClH/c1-14-2-4-15(5-3-14)11-23-12-16(10-19(23)24)20(25)22-9-8-17-6-7-18(13-22)21-17;/h2-5,16-18,21H,6-13H2,1H3;1H. The first-order valence-electron chi connectivity index (χ1n) is 9.46. The van der Waals surface area contributed by atoms with Crippen molar-refractivity contribution in [3.05, 3.63) is 35.4 Å². The summed E-state index contributed by atoms with van der Waals surface area (Å²) in [7, 11) is 0. The van der Waals surface area contributed by atoms with Crippen LogP contribution in [0.3, 0.4) is 0 Å². The van der Waals surface area contributed by atoms with Crippen LogP contribution in [0.15, 0.2) is 24.3 Å². The molecule has 0 aromatic heterocycles. The number of nitrogens with zero attached hydrogens (tertiary/aromatic N) is 2. The van der Waals surface area contributed by atoms with Crippen molar-refractivity contribution in [2.24, 2.45) is 5.92 Å². The molecule has 3 atom stereocenters. The molecule has 3 unspecified atom stereocenters. The quantitative estimate of drug-likeness (QED) is 0.877. The fraction of sp³-hybridized carbons (Fsp3) is 0.600. The Kier molecular flexibility index (Phi) is 5.88. The van der Waals surface area contributed by atoms with Gasteiger partial charge in [0, 0.05) is 44.7 Å². The average molecular weight is 378 g/mol. The van der Waals surface area contributed by atoms with Crippen LogP contribution in [0.1, 0.15) is 36.8 Å². The second-order valence-corrected chi connectivity index (χ2v) is 7.87. The van der Waals surface area contributed by atoms with Gasteiger partial charge in [0.2, 0.25) is 11.8 Å². The number of hydrogen-bond acceptors (Lipinski definition) is 3. The Morgan fingerprint density at radius 1 is 1.12 bits per heavy atom. The number of nitrogens with one attached hydrogen (secondary N) is 1. The van der Waals surface area contributed by atoms with Crippen LogP contribution in [-0.2, 0) is 16.1 Å². The molecule has 1 N–H and O–H groups in total. The van der Waals surface area contributed by atoms with Crippen LogP contribution in [0.2, 0.25) is 0 Å². The highest BCUT2D eigenvalue weighted by Crippen LogP contribution is 2.26. The van der Waals surface area contributed by atoms with E-state index < -0.39 is 0 Å². The summed E-state index contributed by atoms with van der Waals surface area (Å²) in [6, 6.07) is 9.28. The molecule has 5 nitrogen and oxygen atoms in total. The van der Waals surface area contributed by atoms with Gasteiger partial charge in [0.25, 0.3) is 0 Å². The van der Waals surface area contributed by atoms with Crippen molar-refractivity contribution in [2.45, 2.75) is 51.2 Å². The van der Waals surface area contributed by atoms with Crippen LogP contribution in [0.25, 0.3) is 0 Å². The van der Waals surface area contributed by atoms with E-state index in [9.17, 15) is 9.59 Å². The zero-order valence-corrected chi connectivity index (χ0v) is 16.1. The molecule has 0 saturated carbocycles. The van der Waals surface area contributed by atoms with Crippen molar-refractivity contribution in [2.75, 3.05) is 19.6 Å². The largest absolute Gasteiger partial charge is 0.341 e. The number of likely N-dealkylation sites (tertiary alicyclic amines) is 2. The molecule has 1 aromatic rings. The van der Waals surface area contributed by atoms with Crippen molar-refractivity contribution in [3.8, 4) is 0 Å². The first kappa shape index (κ1) is 19.2. The predicted molar refractivity (Wildman–Crippen MR) is 103 cm³/mol. The van der Waals surface area contributed by atoms with E-state index in [-0.39, 0.29) is 30.1 Å². The summed E-state index contributed by atoms with van der Waals surface area (Å²) in [6.45, 7) is 4.86. The van der Waals surface area contributed by atoms with E-state index in [1.54, 1.807) is 0 Å². The molecule has 0 aliphatic carbocycles. The summed E-state index contributed by atoms with van der Waals surface area (Å²) in [5.74, 6) is 0.108. The van der Waals surface area contributed by atoms with Crippen molar-refractivity contribution in [3.63, 3.8) is 0 Å². The number of rotatable bonds is 3. The Bertz CT molecular complexity index is 664. The first-order chi connectivity index (χ1) is 12.1. The first-order valence-corrected chi connectivity index (χ1v) is 9.46. The molecule has 2 amide bonds. The van der Waals surface area contributed by atoms with E-state index in [2.05, 4.69) is 36.5 Å². The van der Waals surface area contributed by atoms with Gasteiger partial charge in [0.15, 0.2) is 0 Å². The molecule has 4 rings (SSSR count). The van der Waals surface area contributed by atoms with E-state index in [0.717, 1.165) is 31.5 Å². The summed E-state index contributed by atoms with van der Waals surface area (Å²) in [6.07, 6.45) is 3.80. The third kappa shape index (κ3) is 4.04. The Morgan fingerprint density at radius 3 is 2.62 bits per heavy atom. The van der Waals surface area contributed by atoms with Gasteiger partial charge in [0.05, 0.1) is 5.92 Å². The SMILES string of the molecule is Cc1ccc(CN2CC(C(=O)N3CCC4CCC(C3)N4)CC2=O)cc1.Cl. The van der Waals surface area contributed by atoms with Crippen LogP contribution >= 0.6 is 12.4 Å². The van der Waals surface area contributed by atoms with E-state index in [4.69, 9.17) is 0 Å². The molecular formula is C20H28ClN3O2. The van der Waals surface area contributed by atoms with E-state index >= 15 is 0 Å². The zero-order valence-electron chi connectivity index (χ0n) is 15.3. The minimum absolute atomic E-state index is 0. The van der Waals surface area contributed by atoms with Gasteiger partial charge < -0.3 is 15.1 Å². The second-order valence-electron chi connectivity index (χ2n) is 7.87. The van der Waals surface area contributed by atoms with Crippen LogP contribution in [0.4, 0.5) is 0 Å². The van der Waals surface area contributed by atoms with Gasteiger partial charge in [-0.1, -0.05) is 29.8 Å². The predicted octanol–water partition coefficient (Wildman–Crippen LogP) is 2.12. The molecule has 3 aliphatic heterocycles. The molecule has 26 heavy (non-hydrogen) atoms. The summed E-state index contributed by atoms with van der Waals surface area (Å²) in [4.78, 5) is 29.2. The molecule has 0 radical (unpaired) electrons. The second kappa shape index (κ2) is 7.97. The highest BCUT2D eigenvalue weighted by molar-refractivity contribution is 5.89. The molecular weight excluding hydrogens is 350 g/mol. The minimum Gasteiger partial charge on any atom is -0.341 e. The fourth-order valence-corrected chi connectivity index (χ4v) is 4.41. The smallest absolute Gasteiger partial charge is 0.228 e. The number of benzene rings is 1. The van der Waals surface area contributed by atoms with Crippen LogP contribution in [0.5, 0.6) is 0 Å². The number of aryl methyl sites for hydroxylation is 1. The lowest BCUT2D eigenvalue weighted by atomic mass is 10.0. The van der Waals surface area contributed by atoms with Gasteiger partial charge in [-0.15, -0.1) is 12.4 Å². The summed E-state index contributed by atoms with van der Waals surface area (Å²) >= 11 is 0. The fourth-order valence-electron chi connectivity index (χ4n) is 4.41. The van der Waals surface area contributed by atoms with Crippen molar-refractivity contribution in [1.29, 1.82) is 0 Å². The molecule has 142 valence electrons. The van der Waals surface area contributed by atoms with Gasteiger partial charge >= 0.3 is 0 Å². The molecule has 2 bridgehead atoms. The van der Waals surface area contributed by atoms with Crippen LogP contribution in [0, 0.1) is 12.8 Å². The van der Waals surface area contributed by atoms with Gasteiger partial charge in [0.1, 0.15) is 0 Å². The van der Waals surface area contributed by atoms with Gasteiger partial charge in [-0.25, -0.2) is 0 Å². The summed E-state index contributed by atoms with van der Waals surface area (Å²) < 4.78 is 0. The van der Waals surface area contributed by atoms with Crippen molar-refractivity contribution >= 4 is 24.2 Å². The van der Waals surface area contributed by atoms with E-state index in [0.29, 0.717) is 31.6 Å². The number of carbonyl (C=O) groups is 2. The third-order valence-electron chi connectivity index (χ3n) is 5.89. The number of amides is 2. The maximum absolute atomic E-state index is 12.9. The molecule has 0 spiro atoms. The molecule has 3 heterocycles.